The maximum atomic E-state index is 4.63. The molecule has 1 aromatic rings. The van der Waals surface area contributed by atoms with E-state index in [-0.39, 0.29) is 0 Å². The quantitative estimate of drug-likeness (QED) is 0.837. The lowest BCUT2D eigenvalue weighted by molar-refractivity contribution is 0.209. The van der Waals surface area contributed by atoms with Crippen LogP contribution >= 0.6 is 15.9 Å². The second-order valence-corrected chi connectivity index (χ2v) is 5.71. The molecule has 2 rings (SSSR count). The monoisotopic (exact) mass is 297 g/mol. The van der Waals surface area contributed by atoms with Crippen molar-refractivity contribution < 1.29 is 0 Å². The number of aryl methyl sites for hydroxylation is 1. The summed E-state index contributed by atoms with van der Waals surface area (Å²) in [5, 5.41) is 0. The van der Waals surface area contributed by atoms with Gasteiger partial charge in [-0.25, -0.2) is 4.98 Å². The Hall–Kier alpha value is -0.610. The second kappa shape index (κ2) is 5.36. The first kappa shape index (κ1) is 12.8. The molecular weight excluding hydrogens is 278 g/mol. The molecule has 1 aromatic heterocycles. The molecule has 94 valence electrons. The van der Waals surface area contributed by atoms with Crippen molar-refractivity contribution in [2.45, 2.75) is 26.8 Å². The number of halogens is 1. The minimum Gasteiger partial charge on any atom is -0.354 e. The Morgan fingerprint density at radius 1 is 1.18 bits per heavy atom. The van der Waals surface area contributed by atoms with Crippen molar-refractivity contribution in [1.82, 2.24) is 9.88 Å². The molecule has 0 radical (unpaired) electrons. The van der Waals surface area contributed by atoms with E-state index < -0.39 is 0 Å². The lowest BCUT2D eigenvalue weighted by atomic mass is 10.2. The van der Waals surface area contributed by atoms with Crippen LogP contribution in [0.25, 0.3) is 0 Å². The Labute approximate surface area is 112 Å². The molecule has 1 aliphatic rings. The average molecular weight is 298 g/mol. The Morgan fingerprint density at radius 3 is 2.35 bits per heavy atom. The summed E-state index contributed by atoms with van der Waals surface area (Å²) < 4.78 is 1.09. The molecule has 0 atom stereocenters. The molecule has 0 aliphatic carbocycles. The van der Waals surface area contributed by atoms with Crippen LogP contribution in [0.5, 0.6) is 0 Å². The molecule has 0 N–H and O–H groups in total. The van der Waals surface area contributed by atoms with Crippen LogP contribution in [0.3, 0.4) is 0 Å². The summed E-state index contributed by atoms with van der Waals surface area (Å²) >= 11 is 3.49. The van der Waals surface area contributed by atoms with Gasteiger partial charge in [-0.3, -0.25) is 4.90 Å². The van der Waals surface area contributed by atoms with Crippen LogP contribution in [-0.4, -0.2) is 42.1 Å². The maximum Gasteiger partial charge on any atom is 0.128 e. The molecule has 0 saturated carbocycles. The Morgan fingerprint density at radius 2 is 1.82 bits per heavy atom. The van der Waals surface area contributed by atoms with Crippen molar-refractivity contribution in [3.8, 4) is 0 Å². The number of aromatic nitrogens is 1. The summed E-state index contributed by atoms with van der Waals surface area (Å²) in [6.45, 7) is 11.0. The topological polar surface area (TPSA) is 19.4 Å². The maximum absolute atomic E-state index is 4.63. The number of hydrogen-bond acceptors (Lipinski definition) is 3. The summed E-state index contributed by atoms with van der Waals surface area (Å²) in [6, 6.07) is 4.84. The third-order valence-electron chi connectivity index (χ3n) is 3.38. The van der Waals surface area contributed by atoms with Gasteiger partial charge in [0.1, 0.15) is 5.82 Å². The molecule has 1 fully saturated rings. The number of anilines is 1. The summed E-state index contributed by atoms with van der Waals surface area (Å²) in [4.78, 5) is 9.52. The number of pyridine rings is 1. The van der Waals surface area contributed by atoms with E-state index in [2.05, 4.69) is 56.7 Å². The van der Waals surface area contributed by atoms with Gasteiger partial charge >= 0.3 is 0 Å². The SMILES string of the molecule is Cc1nc(N2CCN(C(C)C)CC2)ccc1Br. The molecule has 0 unspecified atom stereocenters. The molecule has 1 aliphatic heterocycles. The second-order valence-electron chi connectivity index (χ2n) is 4.85. The number of piperazine rings is 1. The molecule has 1 saturated heterocycles. The molecule has 3 nitrogen and oxygen atoms in total. The van der Waals surface area contributed by atoms with Crippen LogP contribution in [0.15, 0.2) is 16.6 Å². The van der Waals surface area contributed by atoms with Crippen molar-refractivity contribution >= 4 is 21.7 Å². The van der Waals surface area contributed by atoms with Crippen LogP contribution in [-0.2, 0) is 0 Å². The van der Waals surface area contributed by atoms with Gasteiger partial charge in [-0.2, -0.15) is 0 Å². The van der Waals surface area contributed by atoms with Crippen molar-refractivity contribution in [2.24, 2.45) is 0 Å². The zero-order valence-electron chi connectivity index (χ0n) is 10.8. The van der Waals surface area contributed by atoms with Crippen LogP contribution < -0.4 is 4.90 Å². The Bertz CT molecular complexity index is 384. The highest BCUT2D eigenvalue weighted by molar-refractivity contribution is 9.10. The van der Waals surface area contributed by atoms with Crippen molar-refractivity contribution in [1.29, 1.82) is 0 Å². The lowest BCUT2D eigenvalue weighted by Gasteiger charge is -2.37. The van der Waals surface area contributed by atoms with Crippen LogP contribution in [0.1, 0.15) is 19.5 Å². The van der Waals surface area contributed by atoms with Gasteiger partial charge < -0.3 is 4.90 Å². The highest BCUT2D eigenvalue weighted by Crippen LogP contribution is 2.20. The van der Waals surface area contributed by atoms with Gasteiger partial charge in [0, 0.05) is 36.7 Å². The molecule has 0 bridgehead atoms. The minimum atomic E-state index is 0.650. The fourth-order valence-electron chi connectivity index (χ4n) is 2.17. The fourth-order valence-corrected chi connectivity index (χ4v) is 2.40. The molecular formula is C13H20BrN3. The Kier molecular flexibility index (Phi) is 4.05. The van der Waals surface area contributed by atoms with Gasteiger partial charge in [-0.1, -0.05) is 0 Å². The average Bonchev–Trinajstić information content (AvgIpc) is 2.33. The van der Waals surface area contributed by atoms with E-state index in [0.29, 0.717) is 6.04 Å². The third-order valence-corrected chi connectivity index (χ3v) is 4.21. The molecule has 17 heavy (non-hydrogen) atoms. The Balaban J connectivity index is 2.03. The standard InChI is InChI=1S/C13H20BrN3/c1-10(2)16-6-8-17(9-7-16)13-5-4-12(14)11(3)15-13/h4-5,10H,6-9H2,1-3H3. The predicted octanol–water partition coefficient (Wildman–Crippen LogP) is 2.68. The molecule has 0 aromatic carbocycles. The third kappa shape index (κ3) is 2.99. The normalized spacial score (nSPS) is 17.8. The van der Waals surface area contributed by atoms with Crippen LogP contribution in [0.2, 0.25) is 0 Å². The molecule has 2 heterocycles. The summed E-state index contributed by atoms with van der Waals surface area (Å²) in [6.07, 6.45) is 0. The first-order chi connectivity index (χ1) is 8.08. The molecule has 0 amide bonds. The first-order valence-corrected chi connectivity index (χ1v) is 6.99. The van der Waals surface area contributed by atoms with Gasteiger partial charge in [0.15, 0.2) is 0 Å². The van der Waals surface area contributed by atoms with E-state index in [1.54, 1.807) is 0 Å². The predicted molar refractivity (Wildman–Crippen MR) is 75.6 cm³/mol. The van der Waals surface area contributed by atoms with E-state index in [0.717, 1.165) is 42.2 Å². The number of nitrogens with zero attached hydrogens (tertiary/aromatic N) is 3. The molecule has 0 spiro atoms. The van der Waals surface area contributed by atoms with Gasteiger partial charge in [-0.15, -0.1) is 0 Å². The smallest absolute Gasteiger partial charge is 0.128 e. The largest absolute Gasteiger partial charge is 0.354 e. The van der Waals surface area contributed by atoms with Gasteiger partial charge in [-0.05, 0) is 48.8 Å². The van der Waals surface area contributed by atoms with E-state index in [1.165, 1.54) is 0 Å². The van der Waals surface area contributed by atoms with E-state index in [4.69, 9.17) is 0 Å². The van der Waals surface area contributed by atoms with Crippen molar-refractivity contribution in [3.63, 3.8) is 0 Å². The summed E-state index contributed by atoms with van der Waals surface area (Å²) in [5.74, 6) is 1.11. The van der Waals surface area contributed by atoms with Crippen molar-refractivity contribution in [2.75, 3.05) is 31.1 Å². The summed E-state index contributed by atoms with van der Waals surface area (Å²) in [5.41, 5.74) is 1.06. The zero-order valence-corrected chi connectivity index (χ0v) is 12.4. The number of hydrogen-bond donors (Lipinski definition) is 0. The lowest BCUT2D eigenvalue weighted by Crippen LogP contribution is -2.49. The van der Waals surface area contributed by atoms with Crippen LogP contribution in [0.4, 0.5) is 5.82 Å². The zero-order chi connectivity index (χ0) is 12.4. The van der Waals surface area contributed by atoms with E-state index in [1.807, 2.05) is 6.92 Å². The van der Waals surface area contributed by atoms with Crippen molar-refractivity contribution in [3.05, 3.63) is 22.3 Å². The van der Waals surface area contributed by atoms with E-state index >= 15 is 0 Å². The fraction of sp³-hybridized carbons (Fsp3) is 0.615. The summed E-state index contributed by atoms with van der Waals surface area (Å²) in [7, 11) is 0. The van der Waals surface area contributed by atoms with Gasteiger partial charge in [0.25, 0.3) is 0 Å². The highest BCUT2D eigenvalue weighted by Gasteiger charge is 2.19. The van der Waals surface area contributed by atoms with Crippen LogP contribution in [0, 0.1) is 6.92 Å². The minimum absolute atomic E-state index is 0.650. The molecule has 4 heteroatoms. The first-order valence-electron chi connectivity index (χ1n) is 6.20. The van der Waals surface area contributed by atoms with Gasteiger partial charge in [0.05, 0.1) is 5.69 Å². The van der Waals surface area contributed by atoms with Gasteiger partial charge in [0.2, 0.25) is 0 Å². The highest BCUT2D eigenvalue weighted by atomic mass is 79.9. The number of rotatable bonds is 2. The van der Waals surface area contributed by atoms with E-state index in [9.17, 15) is 0 Å².